The first kappa shape index (κ1) is 17.8. The molecule has 24 heavy (non-hydrogen) atoms. The van der Waals surface area contributed by atoms with Gasteiger partial charge in [-0.3, -0.25) is 10.1 Å². The van der Waals surface area contributed by atoms with Crippen LogP contribution in [0, 0.1) is 17.3 Å². The molecule has 2 N–H and O–H groups in total. The maximum absolute atomic E-state index is 13.2. The van der Waals surface area contributed by atoms with Crippen LogP contribution in [0.2, 0.25) is 5.02 Å². The largest absolute Gasteiger partial charge is 0.322 e. The minimum absolute atomic E-state index is 0.207. The minimum Gasteiger partial charge on any atom is -0.322 e. The van der Waals surface area contributed by atoms with Gasteiger partial charge < -0.3 is 5.32 Å². The summed E-state index contributed by atoms with van der Waals surface area (Å²) in [7, 11) is 0. The third-order valence-electron chi connectivity index (χ3n) is 2.86. The molecule has 2 rings (SSSR count). The highest BCUT2D eigenvalue weighted by Crippen LogP contribution is 2.25. The monoisotopic (exact) mass is 362 g/mol. The standard InChI is InChI=1S/C16H12ClFN4OS/c1-24-16(20-9-19)22-14-6-5-10(17)7-13(14)15(23)21-12-4-2-3-11(18)8-12/h2-8H,1H3,(H,20,22)(H,21,23). The van der Waals surface area contributed by atoms with Crippen molar-refractivity contribution in [2.75, 3.05) is 11.6 Å². The van der Waals surface area contributed by atoms with Crippen LogP contribution in [0.1, 0.15) is 10.4 Å². The number of thioether (sulfide) groups is 1. The van der Waals surface area contributed by atoms with Crippen LogP contribution < -0.4 is 10.6 Å². The summed E-state index contributed by atoms with van der Waals surface area (Å²) in [6.45, 7) is 0. The number of aliphatic imine (C=N–C) groups is 1. The Morgan fingerprint density at radius 3 is 2.79 bits per heavy atom. The number of nitriles is 1. The molecule has 0 aliphatic heterocycles. The van der Waals surface area contributed by atoms with E-state index in [4.69, 9.17) is 16.9 Å². The van der Waals surface area contributed by atoms with Gasteiger partial charge >= 0.3 is 0 Å². The van der Waals surface area contributed by atoms with Gasteiger partial charge in [0.25, 0.3) is 5.91 Å². The number of benzene rings is 2. The maximum atomic E-state index is 13.2. The van der Waals surface area contributed by atoms with Gasteiger partial charge in [-0.1, -0.05) is 29.4 Å². The molecule has 0 aromatic heterocycles. The number of nitrogens with one attached hydrogen (secondary N) is 2. The number of halogens is 2. The number of anilines is 1. The van der Waals surface area contributed by atoms with E-state index in [0.717, 1.165) is 0 Å². The first-order valence-electron chi connectivity index (χ1n) is 6.67. The highest BCUT2D eigenvalue weighted by molar-refractivity contribution is 8.13. The van der Waals surface area contributed by atoms with Crippen LogP contribution in [-0.4, -0.2) is 17.3 Å². The number of nitrogens with zero attached hydrogens (tertiary/aromatic N) is 2. The Hall–Kier alpha value is -2.56. The molecule has 1 amide bonds. The summed E-state index contributed by atoms with van der Waals surface area (Å²) < 4.78 is 13.2. The summed E-state index contributed by atoms with van der Waals surface area (Å²) in [5.74, 6) is -0.945. The molecule has 8 heteroatoms. The zero-order chi connectivity index (χ0) is 17.5. The van der Waals surface area contributed by atoms with E-state index < -0.39 is 11.7 Å². The average Bonchev–Trinajstić information content (AvgIpc) is 2.55. The first-order valence-corrected chi connectivity index (χ1v) is 8.28. The maximum Gasteiger partial charge on any atom is 0.257 e. The van der Waals surface area contributed by atoms with Crippen LogP contribution >= 0.6 is 23.4 Å². The van der Waals surface area contributed by atoms with Gasteiger partial charge in [0.05, 0.1) is 11.3 Å². The molecule has 0 unspecified atom stereocenters. The van der Waals surface area contributed by atoms with E-state index in [2.05, 4.69) is 15.6 Å². The molecule has 0 fully saturated rings. The predicted octanol–water partition coefficient (Wildman–Crippen LogP) is 4.15. The Balaban J connectivity index is 2.36. The van der Waals surface area contributed by atoms with Crippen LogP contribution in [-0.2, 0) is 0 Å². The van der Waals surface area contributed by atoms with Crippen molar-refractivity contribution in [2.24, 2.45) is 4.99 Å². The van der Waals surface area contributed by atoms with Crippen molar-refractivity contribution in [2.45, 2.75) is 0 Å². The zero-order valence-corrected chi connectivity index (χ0v) is 14.1. The number of hydrogen-bond acceptors (Lipinski definition) is 4. The highest BCUT2D eigenvalue weighted by Gasteiger charge is 2.13. The Morgan fingerprint density at radius 2 is 2.12 bits per heavy atom. The lowest BCUT2D eigenvalue weighted by atomic mass is 10.1. The highest BCUT2D eigenvalue weighted by atomic mass is 35.5. The SMILES string of the molecule is CSC(=Nc1ccc(Cl)cc1C(=O)Nc1cccc(F)c1)NC#N. The molecule has 0 atom stereocenters. The second-order valence-electron chi connectivity index (χ2n) is 4.48. The van der Waals surface area contributed by atoms with Crippen molar-refractivity contribution >= 4 is 45.8 Å². The van der Waals surface area contributed by atoms with Crippen LogP contribution in [0.25, 0.3) is 0 Å². The van der Waals surface area contributed by atoms with Crippen molar-refractivity contribution in [1.82, 2.24) is 5.32 Å². The lowest BCUT2D eigenvalue weighted by molar-refractivity contribution is 0.102. The Bertz CT molecular complexity index is 835. The van der Waals surface area contributed by atoms with Gasteiger partial charge in [-0.05, 0) is 42.7 Å². The lowest BCUT2D eigenvalue weighted by Crippen LogP contribution is -2.15. The van der Waals surface area contributed by atoms with Crippen LogP contribution in [0.3, 0.4) is 0 Å². The van der Waals surface area contributed by atoms with Gasteiger partial charge in [-0.25, -0.2) is 9.38 Å². The third kappa shape index (κ3) is 4.72. The number of hydrogen-bond donors (Lipinski definition) is 2. The van der Waals surface area contributed by atoms with Crippen LogP contribution in [0.15, 0.2) is 47.5 Å². The molecule has 2 aromatic rings. The molecule has 5 nitrogen and oxygen atoms in total. The molecule has 0 saturated heterocycles. The topological polar surface area (TPSA) is 77.3 Å². The Kier molecular flexibility index (Phi) is 6.18. The van der Waals surface area contributed by atoms with Crippen LogP contribution in [0.5, 0.6) is 0 Å². The third-order valence-corrected chi connectivity index (χ3v) is 3.68. The van der Waals surface area contributed by atoms with E-state index in [1.807, 2.05) is 0 Å². The molecule has 0 aliphatic carbocycles. The molecule has 0 aliphatic rings. The fourth-order valence-corrected chi connectivity index (χ4v) is 2.34. The fraction of sp³-hybridized carbons (Fsp3) is 0.0625. The van der Waals surface area contributed by atoms with Crippen LogP contribution in [0.4, 0.5) is 15.8 Å². The Labute approximate surface area is 147 Å². The van der Waals surface area contributed by atoms with Gasteiger partial charge in [0.15, 0.2) is 11.4 Å². The molecule has 2 aromatic carbocycles. The average molecular weight is 363 g/mol. The molecular formula is C16H12ClFN4OS. The van der Waals surface area contributed by atoms with E-state index in [0.29, 0.717) is 21.6 Å². The van der Waals surface area contributed by atoms with E-state index >= 15 is 0 Å². The van der Waals surface area contributed by atoms with Gasteiger partial charge in [-0.2, -0.15) is 5.26 Å². The van der Waals surface area contributed by atoms with Crippen molar-refractivity contribution in [1.29, 1.82) is 5.26 Å². The second-order valence-corrected chi connectivity index (χ2v) is 5.72. The van der Waals surface area contributed by atoms with Gasteiger partial charge in [0.1, 0.15) is 5.82 Å². The van der Waals surface area contributed by atoms with Crippen molar-refractivity contribution < 1.29 is 9.18 Å². The zero-order valence-electron chi connectivity index (χ0n) is 12.5. The summed E-state index contributed by atoms with van der Waals surface area (Å²) in [5.41, 5.74) is 0.855. The molecule has 0 heterocycles. The predicted molar refractivity (Wildman–Crippen MR) is 95.2 cm³/mol. The number of amidine groups is 1. The summed E-state index contributed by atoms with van der Waals surface area (Å²) in [5, 5.41) is 14.4. The van der Waals surface area contributed by atoms with E-state index in [9.17, 15) is 9.18 Å². The number of rotatable bonds is 3. The Morgan fingerprint density at radius 1 is 1.33 bits per heavy atom. The number of carbonyl (C=O) groups is 1. The van der Waals surface area contributed by atoms with Crippen molar-refractivity contribution in [3.05, 3.63) is 58.9 Å². The fourth-order valence-electron chi connectivity index (χ4n) is 1.83. The van der Waals surface area contributed by atoms with E-state index in [-0.39, 0.29) is 5.56 Å². The summed E-state index contributed by atoms with van der Waals surface area (Å²) in [6, 6.07) is 10.2. The molecule has 0 bridgehead atoms. The van der Waals surface area contributed by atoms with Gasteiger partial charge in [-0.15, -0.1) is 0 Å². The molecule has 122 valence electrons. The van der Waals surface area contributed by atoms with Crippen molar-refractivity contribution in [3.8, 4) is 6.19 Å². The molecule has 0 radical (unpaired) electrons. The first-order chi connectivity index (χ1) is 11.5. The van der Waals surface area contributed by atoms with E-state index in [1.54, 1.807) is 30.6 Å². The van der Waals surface area contributed by atoms with E-state index in [1.165, 1.54) is 36.0 Å². The lowest BCUT2D eigenvalue weighted by Gasteiger charge is -2.09. The molecule has 0 spiro atoms. The van der Waals surface area contributed by atoms with Crippen molar-refractivity contribution in [3.63, 3.8) is 0 Å². The van der Waals surface area contributed by atoms with Gasteiger partial charge in [0.2, 0.25) is 0 Å². The molecule has 0 saturated carbocycles. The smallest absolute Gasteiger partial charge is 0.257 e. The normalized spacial score (nSPS) is 10.8. The second kappa shape index (κ2) is 8.34. The number of carbonyl (C=O) groups excluding carboxylic acids is 1. The van der Waals surface area contributed by atoms with Gasteiger partial charge in [0, 0.05) is 10.7 Å². The number of amides is 1. The summed E-state index contributed by atoms with van der Waals surface area (Å²) in [4.78, 5) is 16.7. The minimum atomic E-state index is -0.487. The quantitative estimate of drug-likeness (QED) is 0.372. The summed E-state index contributed by atoms with van der Waals surface area (Å²) in [6.07, 6.45) is 3.52. The molecular weight excluding hydrogens is 351 g/mol. The summed E-state index contributed by atoms with van der Waals surface area (Å²) >= 11 is 7.18.